The Morgan fingerprint density at radius 1 is 1.23 bits per heavy atom. The summed E-state index contributed by atoms with van der Waals surface area (Å²) in [5.74, 6) is 0. The number of benzene rings is 1. The second-order valence-corrected chi connectivity index (χ2v) is 4.01. The van der Waals surface area contributed by atoms with Crippen LogP contribution < -0.4 is 0 Å². The van der Waals surface area contributed by atoms with Crippen LogP contribution in [0, 0.1) is 6.92 Å². The maximum absolute atomic E-state index is 4.47. The first kappa shape index (κ1) is 10.6. The van der Waals surface area contributed by atoms with E-state index >= 15 is 0 Å². The van der Waals surface area contributed by atoms with Crippen molar-refractivity contribution in [1.82, 2.24) is 0 Å². The summed E-state index contributed by atoms with van der Waals surface area (Å²) in [7, 11) is 0. The van der Waals surface area contributed by atoms with Crippen LogP contribution in [0.2, 0.25) is 0 Å². The van der Waals surface area contributed by atoms with Gasteiger partial charge in [-0.3, -0.25) is 0 Å². The minimum atomic E-state index is 1.15. The van der Waals surface area contributed by atoms with Gasteiger partial charge >= 0.3 is 0 Å². The van der Waals surface area contributed by atoms with Gasteiger partial charge in [0.25, 0.3) is 0 Å². The Kier molecular flexibility index (Phi) is 4.37. The highest BCUT2D eigenvalue weighted by Gasteiger charge is 2.01. The van der Waals surface area contributed by atoms with E-state index in [1.54, 1.807) is 0 Å². The van der Waals surface area contributed by atoms with Gasteiger partial charge in [-0.25, -0.2) is 0 Å². The topological polar surface area (TPSA) is 0 Å². The first-order valence-electron chi connectivity index (χ1n) is 5.03. The summed E-state index contributed by atoms with van der Waals surface area (Å²) >= 11 is 4.47. The Labute approximate surface area is 86.8 Å². The third-order valence-electron chi connectivity index (χ3n) is 2.42. The number of rotatable bonds is 4. The molecule has 0 saturated carbocycles. The second kappa shape index (κ2) is 5.33. The molecule has 0 radical (unpaired) electrons. The van der Waals surface area contributed by atoms with Gasteiger partial charge in [0.2, 0.25) is 0 Å². The molecule has 0 aliphatic heterocycles. The molecule has 13 heavy (non-hydrogen) atoms. The molecule has 0 aliphatic rings. The zero-order valence-electron chi connectivity index (χ0n) is 8.51. The van der Waals surface area contributed by atoms with Gasteiger partial charge in [-0.15, -0.1) is 12.6 Å². The minimum absolute atomic E-state index is 1.15. The van der Waals surface area contributed by atoms with Gasteiger partial charge < -0.3 is 0 Å². The lowest BCUT2D eigenvalue weighted by atomic mass is 10.0. The number of unbranched alkanes of at least 4 members (excludes halogenated alkanes) is 2. The van der Waals surface area contributed by atoms with Crippen LogP contribution in [0.25, 0.3) is 0 Å². The predicted octanol–water partition coefficient (Wildman–Crippen LogP) is 4.02. The molecule has 0 aliphatic carbocycles. The fraction of sp³-hybridized carbons (Fsp3) is 0.500. The third-order valence-corrected chi connectivity index (χ3v) is 2.83. The zero-order valence-corrected chi connectivity index (χ0v) is 9.40. The van der Waals surface area contributed by atoms with Gasteiger partial charge in [0, 0.05) is 4.90 Å². The molecule has 0 unspecified atom stereocenters. The highest BCUT2D eigenvalue weighted by molar-refractivity contribution is 7.80. The summed E-state index contributed by atoms with van der Waals surface area (Å²) < 4.78 is 0. The van der Waals surface area contributed by atoms with Crippen LogP contribution in [0.4, 0.5) is 0 Å². The van der Waals surface area contributed by atoms with Crippen LogP contribution in [-0.2, 0) is 6.42 Å². The Bertz CT molecular complexity index is 246. The van der Waals surface area contributed by atoms with E-state index in [2.05, 4.69) is 44.7 Å². The molecule has 1 aromatic carbocycles. The van der Waals surface area contributed by atoms with E-state index in [4.69, 9.17) is 0 Å². The van der Waals surface area contributed by atoms with E-state index < -0.39 is 0 Å². The van der Waals surface area contributed by atoms with Gasteiger partial charge in [-0.05, 0) is 37.0 Å². The van der Waals surface area contributed by atoms with Crippen molar-refractivity contribution >= 4 is 12.6 Å². The van der Waals surface area contributed by atoms with Gasteiger partial charge in [0.15, 0.2) is 0 Å². The van der Waals surface area contributed by atoms with Crippen LogP contribution in [0.5, 0.6) is 0 Å². The lowest BCUT2D eigenvalue weighted by Crippen LogP contribution is -1.91. The number of thiol groups is 1. The summed E-state index contributed by atoms with van der Waals surface area (Å²) in [4.78, 5) is 1.15. The standard InChI is InChI=1S/C12H18S/c1-3-4-5-8-11-10(2)7-6-9-12(11)13/h6-7,9,13H,3-5,8H2,1-2H3. The molecular formula is C12H18S. The van der Waals surface area contributed by atoms with Gasteiger partial charge in [0.1, 0.15) is 0 Å². The molecule has 0 atom stereocenters. The van der Waals surface area contributed by atoms with E-state index in [1.807, 2.05) is 0 Å². The Morgan fingerprint density at radius 2 is 2.00 bits per heavy atom. The SMILES string of the molecule is CCCCCc1c(C)cccc1S. The molecule has 0 aromatic heterocycles. The summed E-state index contributed by atoms with van der Waals surface area (Å²) in [5.41, 5.74) is 2.81. The average molecular weight is 194 g/mol. The van der Waals surface area contributed by atoms with Crippen LogP contribution in [0.15, 0.2) is 23.1 Å². The molecule has 1 heteroatoms. The molecule has 0 N–H and O–H groups in total. The Balaban J connectivity index is 2.64. The van der Waals surface area contributed by atoms with E-state index in [0.29, 0.717) is 0 Å². The molecule has 72 valence electrons. The highest BCUT2D eigenvalue weighted by atomic mass is 32.1. The smallest absolute Gasteiger partial charge is 0.00746 e. The lowest BCUT2D eigenvalue weighted by molar-refractivity contribution is 0.710. The Hall–Kier alpha value is -0.430. The van der Waals surface area contributed by atoms with E-state index in [0.717, 1.165) is 4.90 Å². The maximum Gasteiger partial charge on any atom is 0.00746 e. The number of aryl methyl sites for hydroxylation is 1. The molecule has 0 fully saturated rings. The number of hydrogen-bond donors (Lipinski definition) is 1. The maximum atomic E-state index is 4.47. The molecule has 0 amide bonds. The lowest BCUT2D eigenvalue weighted by Gasteiger charge is -2.07. The van der Waals surface area contributed by atoms with E-state index in [9.17, 15) is 0 Å². The molecule has 1 aromatic rings. The molecule has 0 nitrogen and oxygen atoms in total. The molecule has 1 rings (SSSR count). The second-order valence-electron chi connectivity index (χ2n) is 3.53. The summed E-state index contributed by atoms with van der Waals surface area (Å²) in [6.07, 6.45) is 5.07. The third kappa shape index (κ3) is 3.07. The molecule has 0 saturated heterocycles. The van der Waals surface area contributed by atoms with Gasteiger partial charge in [-0.2, -0.15) is 0 Å². The van der Waals surface area contributed by atoms with E-state index in [1.165, 1.54) is 36.8 Å². The number of hydrogen-bond acceptors (Lipinski definition) is 1. The fourth-order valence-corrected chi connectivity index (χ4v) is 1.94. The van der Waals surface area contributed by atoms with Crippen molar-refractivity contribution in [3.05, 3.63) is 29.3 Å². The fourth-order valence-electron chi connectivity index (χ4n) is 1.56. The van der Waals surface area contributed by atoms with Crippen LogP contribution >= 0.6 is 12.6 Å². The van der Waals surface area contributed by atoms with Gasteiger partial charge in [0.05, 0.1) is 0 Å². The zero-order chi connectivity index (χ0) is 9.68. The average Bonchev–Trinajstić information content (AvgIpc) is 2.10. The molecular weight excluding hydrogens is 176 g/mol. The summed E-state index contributed by atoms with van der Waals surface area (Å²) in [6.45, 7) is 4.40. The van der Waals surface area contributed by atoms with Crippen molar-refractivity contribution in [1.29, 1.82) is 0 Å². The van der Waals surface area contributed by atoms with Crippen molar-refractivity contribution < 1.29 is 0 Å². The van der Waals surface area contributed by atoms with Crippen LogP contribution in [0.3, 0.4) is 0 Å². The Morgan fingerprint density at radius 3 is 2.62 bits per heavy atom. The van der Waals surface area contributed by atoms with Crippen molar-refractivity contribution in [2.24, 2.45) is 0 Å². The normalized spacial score (nSPS) is 10.4. The highest BCUT2D eigenvalue weighted by Crippen LogP contribution is 2.20. The van der Waals surface area contributed by atoms with Crippen molar-refractivity contribution in [2.75, 3.05) is 0 Å². The molecule has 0 heterocycles. The molecule has 0 bridgehead atoms. The predicted molar refractivity (Wildman–Crippen MR) is 61.7 cm³/mol. The van der Waals surface area contributed by atoms with Crippen LogP contribution in [0.1, 0.15) is 37.3 Å². The molecule has 0 spiro atoms. The largest absolute Gasteiger partial charge is 0.143 e. The monoisotopic (exact) mass is 194 g/mol. The summed E-state index contributed by atoms with van der Waals surface area (Å²) in [5, 5.41) is 0. The summed E-state index contributed by atoms with van der Waals surface area (Å²) in [6, 6.07) is 6.32. The first-order chi connectivity index (χ1) is 6.25. The first-order valence-corrected chi connectivity index (χ1v) is 5.48. The van der Waals surface area contributed by atoms with Crippen LogP contribution in [-0.4, -0.2) is 0 Å². The van der Waals surface area contributed by atoms with E-state index in [-0.39, 0.29) is 0 Å². The van der Waals surface area contributed by atoms with Crippen molar-refractivity contribution in [2.45, 2.75) is 44.4 Å². The minimum Gasteiger partial charge on any atom is -0.143 e. The van der Waals surface area contributed by atoms with Gasteiger partial charge in [-0.1, -0.05) is 31.9 Å². The quantitative estimate of drug-likeness (QED) is 0.543. The van der Waals surface area contributed by atoms with Crippen molar-refractivity contribution in [3.8, 4) is 0 Å². The van der Waals surface area contributed by atoms with Crippen molar-refractivity contribution in [3.63, 3.8) is 0 Å².